The van der Waals surface area contributed by atoms with Crippen LogP contribution in [0.1, 0.15) is 41.2 Å². The van der Waals surface area contributed by atoms with Crippen molar-refractivity contribution in [3.8, 4) is 0 Å². The van der Waals surface area contributed by atoms with Crippen molar-refractivity contribution in [2.24, 2.45) is 0 Å². The Morgan fingerprint density at radius 2 is 2.00 bits per heavy atom. The van der Waals surface area contributed by atoms with E-state index in [1.54, 1.807) is 11.3 Å². The second-order valence-corrected chi connectivity index (χ2v) is 5.57. The number of nitrogens with zero attached hydrogens (tertiary/aromatic N) is 1. The van der Waals surface area contributed by atoms with Gasteiger partial charge in [-0.25, -0.2) is 4.98 Å². The maximum absolute atomic E-state index is 4.57. The first-order valence-corrected chi connectivity index (χ1v) is 7.30. The van der Waals surface area contributed by atoms with E-state index in [0.29, 0.717) is 0 Å². The lowest BCUT2D eigenvalue weighted by atomic mass is 10.0. The molecule has 0 amide bonds. The third kappa shape index (κ3) is 2.98. The van der Waals surface area contributed by atoms with Crippen LogP contribution in [0.15, 0.2) is 29.6 Å². The van der Waals surface area contributed by atoms with Gasteiger partial charge in [-0.05, 0) is 31.5 Å². The minimum absolute atomic E-state index is 0.200. The maximum Gasteiger partial charge on any atom is 0.0898 e. The van der Waals surface area contributed by atoms with Crippen molar-refractivity contribution in [2.75, 3.05) is 7.05 Å². The van der Waals surface area contributed by atoms with Crippen LogP contribution in [0, 0.1) is 6.92 Å². The normalized spacial score (nSPS) is 12.6. The molecule has 0 radical (unpaired) electrons. The van der Waals surface area contributed by atoms with Crippen molar-refractivity contribution in [1.29, 1.82) is 0 Å². The summed E-state index contributed by atoms with van der Waals surface area (Å²) in [5.74, 6) is 0. The molecule has 0 saturated carbocycles. The second-order valence-electron chi connectivity index (χ2n) is 4.50. The van der Waals surface area contributed by atoms with E-state index in [4.69, 9.17) is 0 Å². The third-order valence-corrected chi connectivity index (χ3v) is 3.86. The molecule has 1 atom stereocenters. The number of nitrogens with one attached hydrogen (secondary N) is 1. The molecule has 0 aliphatic carbocycles. The quantitative estimate of drug-likeness (QED) is 0.886. The Bertz CT molecular complexity index is 487. The van der Waals surface area contributed by atoms with Crippen molar-refractivity contribution in [3.05, 3.63) is 51.5 Å². The van der Waals surface area contributed by atoms with Crippen molar-refractivity contribution >= 4 is 11.3 Å². The van der Waals surface area contributed by atoms with Crippen LogP contribution in [0.5, 0.6) is 0 Å². The Morgan fingerprint density at radius 1 is 1.28 bits per heavy atom. The van der Waals surface area contributed by atoms with Crippen molar-refractivity contribution in [3.63, 3.8) is 0 Å². The van der Waals surface area contributed by atoms with Crippen LogP contribution in [-0.2, 0) is 6.42 Å². The molecule has 3 heteroatoms. The second kappa shape index (κ2) is 6.12. The highest BCUT2D eigenvalue weighted by Crippen LogP contribution is 2.23. The molecule has 2 nitrogen and oxygen atoms in total. The molecular weight excluding hydrogens is 240 g/mol. The summed E-state index contributed by atoms with van der Waals surface area (Å²) >= 11 is 1.70. The topological polar surface area (TPSA) is 24.9 Å². The highest BCUT2D eigenvalue weighted by molar-refractivity contribution is 7.09. The number of hydrogen-bond acceptors (Lipinski definition) is 3. The molecule has 0 bridgehead atoms. The minimum atomic E-state index is 0.200. The zero-order valence-corrected chi connectivity index (χ0v) is 12.1. The highest BCUT2D eigenvalue weighted by atomic mass is 32.1. The molecule has 18 heavy (non-hydrogen) atoms. The number of aryl methyl sites for hydroxylation is 2. The predicted molar refractivity (Wildman–Crippen MR) is 78.2 cm³/mol. The van der Waals surface area contributed by atoms with Crippen molar-refractivity contribution in [2.45, 2.75) is 32.7 Å². The van der Waals surface area contributed by atoms with Crippen LogP contribution in [0.4, 0.5) is 0 Å². The van der Waals surface area contributed by atoms with E-state index >= 15 is 0 Å². The fourth-order valence-corrected chi connectivity index (χ4v) is 2.80. The van der Waals surface area contributed by atoms with E-state index in [-0.39, 0.29) is 6.04 Å². The number of thiazole rings is 1. The Hall–Kier alpha value is -1.19. The van der Waals surface area contributed by atoms with Crippen LogP contribution < -0.4 is 5.32 Å². The molecule has 0 spiro atoms. The molecule has 2 rings (SSSR count). The molecule has 2 aromatic rings. The lowest BCUT2D eigenvalue weighted by molar-refractivity contribution is 0.673. The van der Waals surface area contributed by atoms with Crippen LogP contribution in [0.3, 0.4) is 0 Å². The summed E-state index contributed by atoms with van der Waals surface area (Å²) in [6.45, 7) is 4.26. The third-order valence-electron chi connectivity index (χ3n) is 3.07. The van der Waals surface area contributed by atoms with Gasteiger partial charge in [-0.3, -0.25) is 0 Å². The van der Waals surface area contributed by atoms with E-state index in [1.165, 1.54) is 17.5 Å². The van der Waals surface area contributed by atoms with Crippen LogP contribution in [0.25, 0.3) is 0 Å². The Kier molecular flexibility index (Phi) is 4.50. The first kappa shape index (κ1) is 13.2. The monoisotopic (exact) mass is 260 g/mol. The van der Waals surface area contributed by atoms with Crippen LogP contribution >= 0.6 is 11.3 Å². The van der Waals surface area contributed by atoms with Gasteiger partial charge >= 0.3 is 0 Å². The zero-order valence-electron chi connectivity index (χ0n) is 11.2. The number of hydrogen-bond donors (Lipinski definition) is 1. The molecule has 1 aromatic heterocycles. The molecule has 0 saturated heterocycles. The largest absolute Gasteiger partial charge is 0.308 e. The molecule has 96 valence electrons. The van der Waals surface area contributed by atoms with Crippen molar-refractivity contribution in [1.82, 2.24) is 10.3 Å². The van der Waals surface area contributed by atoms with Gasteiger partial charge in [0.05, 0.1) is 16.7 Å². The van der Waals surface area contributed by atoms with E-state index in [0.717, 1.165) is 17.1 Å². The van der Waals surface area contributed by atoms with E-state index in [2.05, 4.69) is 46.9 Å². The summed E-state index contributed by atoms with van der Waals surface area (Å²) in [5, 5.41) is 6.60. The van der Waals surface area contributed by atoms with Gasteiger partial charge in [0.25, 0.3) is 0 Å². The molecule has 1 heterocycles. The van der Waals surface area contributed by atoms with E-state index < -0.39 is 0 Å². The maximum atomic E-state index is 4.57. The molecule has 1 unspecified atom stereocenters. The predicted octanol–water partition coefficient (Wildman–Crippen LogP) is 3.71. The summed E-state index contributed by atoms with van der Waals surface area (Å²) in [5.41, 5.74) is 3.80. The standard InChI is InChI=1S/C15H20N2S/c1-4-5-12-6-8-13(9-7-12)15(16-3)14-10-18-11(2)17-14/h6-10,15-16H,4-5H2,1-3H3. The first-order chi connectivity index (χ1) is 8.74. The Labute approximate surface area is 113 Å². The number of aromatic nitrogens is 1. The molecule has 0 aliphatic heterocycles. The highest BCUT2D eigenvalue weighted by Gasteiger charge is 2.14. The van der Waals surface area contributed by atoms with Gasteiger partial charge < -0.3 is 5.32 Å². The van der Waals surface area contributed by atoms with Crippen molar-refractivity contribution < 1.29 is 0 Å². The Morgan fingerprint density at radius 3 is 2.50 bits per heavy atom. The van der Waals surface area contributed by atoms with Gasteiger partial charge in [-0.2, -0.15) is 0 Å². The van der Waals surface area contributed by atoms with Gasteiger partial charge in [-0.15, -0.1) is 11.3 Å². The van der Waals surface area contributed by atoms with Gasteiger partial charge in [0, 0.05) is 5.38 Å². The Balaban J connectivity index is 2.22. The summed E-state index contributed by atoms with van der Waals surface area (Å²) in [6, 6.07) is 9.07. The summed E-state index contributed by atoms with van der Waals surface area (Å²) in [6.07, 6.45) is 2.35. The van der Waals surface area contributed by atoms with E-state index in [9.17, 15) is 0 Å². The molecular formula is C15H20N2S. The molecule has 0 fully saturated rings. The van der Waals surface area contributed by atoms with Gasteiger partial charge in [0.2, 0.25) is 0 Å². The number of rotatable bonds is 5. The fraction of sp³-hybridized carbons (Fsp3) is 0.400. The molecule has 1 aromatic carbocycles. The summed E-state index contributed by atoms with van der Waals surface area (Å²) in [4.78, 5) is 4.57. The first-order valence-electron chi connectivity index (χ1n) is 6.42. The molecule has 1 N–H and O–H groups in total. The molecule has 0 aliphatic rings. The summed E-state index contributed by atoms with van der Waals surface area (Å²) in [7, 11) is 1.99. The summed E-state index contributed by atoms with van der Waals surface area (Å²) < 4.78 is 0. The van der Waals surface area contributed by atoms with Gasteiger partial charge in [0.1, 0.15) is 0 Å². The number of benzene rings is 1. The lowest BCUT2D eigenvalue weighted by Gasteiger charge is -2.14. The average molecular weight is 260 g/mol. The fourth-order valence-electron chi connectivity index (χ4n) is 2.16. The smallest absolute Gasteiger partial charge is 0.0898 e. The lowest BCUT2D eigenvalue weighted by Crippen LogP contribution is -2.18. The SMILES string of the molecule is CCCc1ccc(C(NC)c2csc(C)n2)cc1. The minimum Gasteiger partial charge on any atom is -0.308 e. The van der Waals surface area contributed by atoms with Gasteiger partial charge in [-0.1, -0.05) is 37.6 Å². The van der Waals surface area contributed by atoms with E-state index in [1.807, 2.05) is 14.0 Å². The van der Waals surface area contributed by atoms with Gasteiger partial charge in [0.15, 0.2) is 0 Å². The zero-order chi connectivity index (χ0) is 13.0. The van der Waals surface area contributed by atoms with Crippen LogP contribution in [-0.4, -0.2) is 12.0 Å². The average Bonchev–Trinajstić information content (AvgIpc) is 2.79. The van der Waals surface area contributed by atoms with Crippen LogP contribution in [0.2, 0.25) is 0 Å².